The summed E-state index contributed by atoms with van der Waals surface area (Å²) in [6.45, 7) is 1.87. The van der Waals surface area contributed by atoms with Crippen LogP contribution in [-0.2, 0) is 4.79 Å². The summed E-state index contributed by atoms with van der Waals surface area (Å²) >= 11 is 0. The lowest BCUT2D eigenvalue weighted by Gasteiger charge is -2.21. The topological polar surface area (TPSA) is 78.9 Å². The maximum absolute atomic E-state index is 12.0. The number of carboxylic acid groups (broad SMARTS) is 1. The predicted molar refractivity (Wildman–Crippen MR) is 76.2 cm³/mol. The molecule has 110 valence electrons. The number of nitrogens with one attached hydrogen (secondary N) is 1. The molecule has 0 aromatic heterocycles. The standard InChI is InChI=1S/C14H20N2O4/c1-4-10(13(17)18)9-15-14(19)16(2)11-7-5-6-8-12(11)20-3/h5-8,10H,4,9H2,1-3H3,(H,15,19)(H,17,18). The number of amides is 2. The molecule has 1 aromatic rings. The van der Waals surface area contributed by atoms with Crippen molar-refractivity contribution in [2.45, 2.75) is 13.3 Å². The summed E-state index contributed by atoms with van der Waals surface area (Å²) in [6, 6.07) is 6.76. The molecule has 0 saturated carbocycles. The fourth-order valence-electron chi connectivity index (χ4n) is 1.75. The molecule has 6 nitrogen and oxygen atoms in total. The number of nitrogens with zero attached hydrogens (tertiary/aromatic N) is 1. The zero-order chi connectivity index (χ0) is 15.1. The van der Waals surface area contributed by atoms with Crippen LogP contribution in [0.1, 0.15) is 13.3 Å². The highest BCUT2D eigenvalue weighted by Gasteiger charge is 2.19. The van der Waals surface area contributed by atoms with Gasteiger partial charge in [0.2, 0.25) is 0 Å². The molecule has 0 fully saturated rings. The van der Waals surface area contributed by atoms with E-state index in [9.17, 15) is 9.59 Å². The molecule has 0 aliphatic heterocycles. The van der Waals surface area contributed by atoms with Crippen LogP contribution in [-0.4, -0.2) is 37.8 Å². The second kappa shape index (κ2) is 7.37. The van der Waals surface area contributed by atoms with Crippen LogP contribution in [0.2, 0.25) is 0 Å². The fourth-order valence-corrected chi connectivity index (χ4v) is 1.75. The van der Waals surface area contributed by atoms with Crippen LogP contribution < -0.4 is 15.0 Å². The van der Waals surface area contributed by atoms with Gasteiger partial charge in [0, 0.05) is 13.6 Å². The largest absolute Gasteiger partial charge is 0.495 e. The minimum absolute atomic E-state index is 0.101. The Labute approximate surface area is 118 Å². The highest BCUT2D eigenvalue weighted by atomic mass is 16.5. The van der Waals surface area contributed by atoms with Crippen molar-refractivity contribution < 1.29 is 19.4 Å². The highest BCUT2D eigenvalue weighted by molar-refractivity contribution is 5.93. The first kappa shape index (κ1) is 15.8. The number of benzene rings is 1. The van der Waals surface area contributed by atoms with Gasteiger partial charge >= 0.3 is 12.0 Å². The molecule has 0 aliphatic rings. The SMILES string of the molecule is CCC(CNC(=O)N(C)c1ccccc1OC)C(=O)O. The van der Waals surface area contributed by atoms with E-state index < -0.39 is 11.9 Å². The quantitative estimate of drug-likeness (QED) is 0.834. The van der Waals surface area contributed by atoms with E-state index >= 15 is 0 Å². The molecule has 1 aromatic carbocycles. The summed E-state index contributed by atoms with van der Waals surface area (Å²) in [5.41, 5.74) is 0.621. The van der Waals surface area contributed by atoms with Crippen molar-refractivity contribution in [1.29, 1.82) is 0 Å². The molecule has 2 N–H and O–H groups in total. The van der Waals surface area contributed by atoms with Crippen molar-refractivity contribution in [2.24, 2.45) is 5.92 Å². The number of hydrogen-bond acceptors (Lipinski definition) is 3. The molecule has 20 heavy (non-hydrogen) atoms. The number of para-hydroxylation sites is 2. The molecule has 0 bridgehead atoms. The van der Waals surface area contributed by atoms with Gasteiger partial charge < -0.3 is 15.2 Å². The predicted octanol–water partition coefficient (Wildman–Crippen LogP) is 1.95. The number of methoxy groups -OCH3 is 1. The average Bonchev–Trinajstić information content (AvgIpc) is 2.46. The van der Waals surface area contributed by atoms with Gasteiger partial charge in [0.25, 0.3) is 0 Å². The Kier molecular flexibility index (Phi) is 5.83. The minimum atomic E-state index is -0.909. The number of carboxylic acids is 1. The minimum Gasteiger partial charge on any atom is -0.495 e. The molecule has 2 amide bonds. The number of anilines is 1. The molecule has 6 heteroatoms. The van der Waals surface area contributed by atoms with Crippen molar-refractivity contribution in [3.8, 4) is 5.75 Å². The lowest BCUT2D eigenvalue weighted by atomic mass is 10.1. The number of carbonyl (C=O) groups excluding carboxylic acids is 1. The normalized spacial score (nSPS) is 11.6. The first-order valence-corrected chi connectivity index (χ1v) is 6.38. The van der Waals surface area contributed by atoms with E-state index in [-0.39, 0.29) is 12.6 Å². The lowest BCUT2D eigenvalue weighted by Crippen LogP contribution is -2.41. The fraction of sp³-hybridized carbons (Fsp3) is 0.429. The Bertz CT molecular complexity index is 476. The van der Waals surface area contributed by atoms with Crippen molar-refractivity contribution in [3.63, 3.8) is 0 Å². The third kappa shape index (κ3) is 3.88. The van der Waals surface area contributed by atoms with Gasteiger partial charge in [-0.1, -0.05) is 19.1 Å². The Hall–Kier alpha value is -2.24. The Morgan fingerprint density at radius 2 is 2.05 bits per heavy atom. The summed E-state index contributed by atoms with van der Waals surface area (Å²) < 4.78 is 5.19. The van der Waals surface area contributed by atoms with Crippen LogP contribution in [0.15, 0.2) is 24.3 Å². The third-order valence-electron chi connectivity index (χ3n) is 3.09. The van der Waals surface area contributed by atoms with E-state index in [1.165, 1.54) is 12.0 Å². The monoisotopic (exact) mass is 280 g/mol. The number of aliphatic carboxylic acids is 1. The maximum atomic E-state index is 12.0. The van der Waals surface area contributed by atoms with Crippen molar-refractivity contribution in [3.05, 3.63) is 24.3 Å². The molecular weight excluding hydrogens is 260 g/mol. The Balaban J connectivity index is 2.70. The first-order chi connectivity index (χ1) is 9.51. The molecule has 1 rings (SSSR count). The molecule has 0 saturated heterocycles. The summed E-state index contributed by atoms with van der Waals surface area (Å²) in [5.74, 6) is -0.909. The van der Waals surface area contributed by atoms with E-state index in [1.807, 2.05) is 6.07 Å². The van der Waals surface area contributed by atoms with Crippen molar-refractivity contribution in [1.82, 2.24) is 5.32 Å². The highest BCUT2D eigenvalue weighted by Crippen LogP contribution is 2.26. The molecule has 0 aliphatic carbocycles. The zero-order valence-corrected chi connectivity index (χ0v) is 11.9. The summed E-state index contributed by atoms with van der Waals surface area (Å²) in [7, 11) is 3.14. The van der Waals surface area contributed by atoms with E-state index in [1.54, 1.807) is 32.2 Å². The zero-order valence-electron chi connectivity index (χ0n) is 11.9. The van der Waals surface area contributed by atoms with Crippen LogP contribution in [0.5, 0.6) is 5.75 Å². The van der Waals surface area contributed by atoms with E-state index in [0.717, 1.165) is 0 Å². The van der Waals surface area contributed by atoms with Crippen LogP contribution >= 0.6 is 0 Å². The summed E-state index contributed by atoms with van der Waals surface area (Å²) in [5, 5.41) is 11.6. The van der Waals surface area contributed by atoms with E-state index in [4.69, 9.17) is 9.84 Å². The van der Waals surface area contributed by atoms with Gasteiger partial charge in [-0.05, 0) is 18.6 Å². The smallest absolute Gasteiger partial charge is 0.321 e. The van der Waals surface area contributed by atoms with Gasteiger partial charge in [-0.2, -0.15) is 0 Å². The number of hydrogen-bond donors (Lipinski definition) is 2. The maximum Gasteiger partial charge on any atom is 0.321 e. The van der Waals surface area contributed by atoms with Crippen molar-refractivity contribution >= 4 is 17.7 Å². The first-order valence-electron chi connectivity index (χ1n) is 6.38. The molecule has 1 atom stereocenters. The van der Waals surface area contributed by atoms with Gasteiger partial charge in [0.05, 0.1) is 18.7 Å². The molecule has 0 radical (unpaired) electrons. The molecule has 0 heterocycles. The molecular formula is C14H20N2O4. The second-order valence-electron chi connectivity index (χ2n) is 4.36. The number of urea groups is 1. The van der Waals surface area contributed by atoms with Crippen LogP contribution in [0.4, 0.5) is 10.5 Å². The third-order valence-corrected chi connectivity index (χ3v) is 3.09. The van der Waals surface area contributed by atoms with Gasteiger partial charge in [0.1, 0.15) is 5.75 Å². The van der Waals surface area contributed by atoms with Gasteiger partial charge in [-0.3, -0.25) is 9.69 Å². The molecule has 1 unspecified atom stereocenters. The van der Waals surface area contributed by atoms with E-state index in [2.05, 4.69) is 5.32 Å². The van der Waals surface area contributed by atoms with Crippen molar-refractivity contribution in [2.75, 3.05) is 25.6 Å². The summed E-state index contributed by atoms with van der Waals surface area (Å²) in [6.07, 6.45) is 0.466. The second-order valence-corrected chi connectivity index (χ2v) is 4.36. The van der Waals surface area contributed by atoms with Gasteiger partial charge in [-0.25, -0.2) is 4.79 Å². The number of carbonyl (C=O) groups is 2. The van der Waals surface area contributed by atoms with E-state index in [0.29, 0.717) is 17.9 Å². The number of ether oxygens (including phenoxy) is 1. The van der Waals surface area contributed by atoms with Gasteiger partial charge in [-0.15, -0.1) is 0 Å². The molecule has 0 spiro atoms. The van der Waals surface area contributed by atoms with Crippen LogP contribution in [0.3, 0.4) is 0 Å². The summed E-state index contributed by atoms with van der Waals surface area (Å²) in [4.78, 5) is 24.3. The van der Waals surface area contributed by atoms with Crippen LogP contribution in [0.25, 0.3) is 0 Å². The lowest BCUT2D eigenvalue weighted by molar-refractivity contribution is -0.141. The Morgan fingerprint density at radius 3 is 2.60 bits per heavy atom. The average molecular weight is 280 g/mol. The number of rotatable bonds is 6. The van der Waals surface area contributed by atoms with Gasteiger partial charge in [0.15, 0.2) is 0 Å². The van der Waals surface area contributed by atoms with Crippen LogP contribution in [0, 0.1) is 5.92 Å². The Morgan fingerprint density at radius 1 is 1.40 bits per heavy atom.